The number of rotatable bonds is 1. The lowest BCUT2D eigenvalue weighted by atomic mass is 9.76. The molecule has 6 nitrogen and oxygen atoms in total. The zero-order chi connectivity index (χ0) is 18.6. The number of Topliss-reactive ketones (excluding diaryl/α,β-unsaturated/α-hetero) is 1. The molecule has 2 aliphatic rings. The van der Waals surface area contributed by atoms with E-state index in [1.807, 2.05) is 18.2 Å². The van der Waals surface area contributed by atoms with Crippen LogP contribution in [0.5, 0.6) is 0 Å². The van der Waals surface area contributed by atoms with Crippen LogP contribution in [0.1, 0.15) is 36.3 Å². The van der Waals surface area contributed by atoms with Gasteiger partial charge in [-0.25, -0.2) is 4.79 Å². The van der Waals surface area contributed by atoms with Gasteiger partial charge in [-0.1, -0.05) is 29.8 Å². The molecule has 4 rings (SSSR count). The molecule has 1 aliphatic carbocycles. The molecule has 0 bridgehead atoms. The predicted molar refractivity (Wildman–Crippen MR) is 99.7 cm³/mol. The summed E-state index contributed by atoms with van der Waals surface area (Å²) in [6.07, 6.45) is 1.89. The fourth-order valence-electron chi connectivity index (χ4n) is 3.92. The fraction of sp³-hybridized carbons (Fsp3) is 0.316. The highest BCUT2D eigenvalue weighted by Crippen LogP contribution is 2.44. The molecule has 0 amide bonds. The molecule has 0 saturated heterocycles. The summed E-state index contributed by atoms with van der Waals surface area (Å²) in [4.78, 5) is 38.1. The van der Waals surface area contributed by atoms with Crippen molar-refractivity contribution in [1.82, 2.24) is 9.13 Å². The average molecular weight is 372 g/mol. The van der Waals surface area contributed by atoms with E-state index in [2.05, 4.69) is 5.32 Å². The number of allylic oxidation sites excluding steroid dienone is 2. The van der Waals surface area contributed by atoms with Crippen molar-refractivity contribution in [2.45, 2.75) is 25.2 Å². The first kappa shape index (κ1) is 16.8. The van der Waals surface area contributed by atoms with Crippen molar-refractivity contribution >= 4 is 23.2 Å². The highest BCUT2D eigenvalue weighted by Gasteiger charge is 2.39. The number of anilines is 1. The number of fused-ring (bicyclic) bond motifs is 1. The Labute approximate surface area is 154 Å². The number of ketones is 1. The third-order valence-corrected chi connectivity index (χ3v) is 5.56. The van der Waals surface area contributed by atoms with Gasteiger partial charge in [-0.2, -0.15) is 0 Å². The summed E-state index contributed by atoms with van der Waals surface area (Å²) in [5.74, 6) is -0.116. The van der Waals surface area contributed by atoms with Crippen molar-refractivity contribution in [3.05, 3.63) is 72.5 Å². The first-order chi connectivity index (χ1) is 12.4. The van der Waals surface area contributed by atoms with Crippen LogP contribution in [0.15, 0.2) is 45.1 Å². The molecule has 1 aromatic heterocycles. The van der Waals surface area contributed by atoms with Crippen LogP contribution < -0.4 is 16.6 Å². The molecule has 0 radical (unpaired) electrons. The van der Waals surface area contributed by atoms with Gasteiger partial charge in [0.2, 0.25) is 0 Å². The molecule has 0 saturated carbocycles. The SMILES string of the molecule is Cn1c2c(c(=O)n(C)c1=O)[C@@H](c1ccccc1Cl)C1=C(CCCC1=O)N2. The minimum atomic E-state index is -0.576. The first-order valence-corrected chi connectivity index (χ1v) is 8.87. The second-order valence-electron chi connectivity index (χ2n) is 6.72. The van der Waals surface area contributed by atoms with E-state index >= 15 is 0 Å². The second kappa shape index (κ2) is 5.99. The highest BCUT2D eigenvalue weighted by molar-refractivity contribution is 6.31. The molecule has 1 atom stereocenters. The van der Waals surface area contributed by atoms with Gasteiger partial charge in [0, 0.05) is 42.7 Å². The van der Waals surface area contributed by atoms with Crippen LogP contribution in [0.4, 0.5) is 5.82 Å². The van der Waals surface area contributed by atoms with Gasteiger partial charge in [0.15, 0.2) is 5.78 Å². The molecule has 2 aromatic rings. The van der Waals surface area contributed by atoms with Crippen molar-refractivity contribution in [3.8, 4) is 0 Å². The monoisotopic (exact) mass is 371 g/mol. The summed E-state index contributed by atoms with van der Waals surface area (Å²) in [5, 5.41) is 3.68. The number of benzene rings is 1. The maximum atomic E-state index is 13.0. The summed E-state index contributed by atoms with van der Waals surface area (Å²) in [7, 11) is 3.06. The van der Waals surface area contributed by atoms with Gasteiger partial charge in [0.25, 0.3) is 5.56 Å². The summed E-state index contributed by atoms with van der Waals surface area (Å²) < 4.78 is 2.49. The normalized spacial score (nSPS) is 19.0. The van der Waals surface area contributed by atoms with Gasteiger partial charge >= 0.3 is 5.69 Å². The maximum Gasteiger partial charge on any atom is 0.332 e. The van der Waals surface area contributed by atoms with Crippen LogP contribution >= 0.6 is 11.6 Å². The Morgan fingerprint density at radius 3 is 2.54 bits per heavy atom. The number of nitrogens with one attached hydrogen (secondary N) is 1. The number of aromatic nitrogens is 2. The van der Waals surface area contributed by atoms with E-state index in [0.29, 0.717) is 40.4 Å². The minimum Gasteiger partial charge on any atom is -0.344 e. The van der Waals surface area contributed by atoms with E-state index in [1.54, 1.807) is 13.1 Å². The Morgan fingerprint density at radius 2 is 1.81 bits per heavy atom. The number of halogens is 1. The maximum absolute atomic E-state index is 13.0. The summed E-state index contributed by atoms with van der Waals surface area (Å²) in [6, 6.07) is 7.23. The Kier molecular flexibility index (Phi) is 3.88. The lowest BCUT2D eigenvalue weighted by Crippen LogP contribution is -2.44. The second-order valence-corrected chi connectivity index (χ2v) is 7.12. The number of carbonyl (C=O) groups excluding carboxylic acids is 1. The fourth-order valence-corrected chi connectivity index (χ4v) is 4.16. The number of carbonyl (C=O) groups is 1. The van der Waals surface area contributed by atoms with Crippen molar-refractivity contribution in [1.29, 1.82) is 0 Å². The smallest absolute Gasteiger partial charge is 0.332 e. The summed E-state index contributed by atoms with van der Waals surface area (Å²) >= 11 is 6.43. The van der Waals surface area contributed by atoms with Crippen LogP contribution in [0.3, 0.4) is 0 Å². The Balaban J connectivity index is 2.12. The zero-order valence-corrected chi connectivity index (χ0v) is 15.3. The summed E-state index contributed by atoms with van der Waals surface area (Å²) in [5.41, 5.74) is 1.64. The molecule has 0 unspecified atom stereocenters. The zero-order valence-electron chi connectivity index (χ0n) is 14.5. The topological polar surface area (TPSA) is 73.1 Å². The molecular formula is C19H18ClN3O3. The van der Waals surface area contributed by atoms with Crippen molar-refractivity contribution in [3.63, 3.8) is 0 Å². The first-order valence-electron chi connectivity index (χ1n) is 8.49. The molecule has 134 valence electrons. The third-order valence-electron chi connectivity index (χ3n) is 5.22. The van der Waals surface area contributed by atoms with Gasteiger partial charge in [-0.3, -0.25) is 18.7 Å². The van der Waals surface area contributed by atoms with Crippen molar-refractivity contribution < 1.29 is 4.79 Å². The Bertz CT molecular complexity index is 1090. The molecule has 26 heavy (non-hydrogen) atoms. The van der Waals surface area contributed by atoms with E-state index in [9.17, 15) is 14.4 Å². The van der Waals surface area contributed by atoms with E-state index in [1.165, 1.54) is 11.6 Å². The van der Waals surface area contributed by atoms with Gasteiger partial charge in [-0.15, -0.1) is 0 Å². The molecule has 1 aromatic carbocycles. The van der Waals surface area contributed by atoms with Crippen LogP contribution in [-0.2, 0) is 18.9 Å². The Morgan fingerprint density at radius 1 is 1.08 bits per heavy atom. The molecular weight excluding hydrogens is 354 g/mol. The summed E-state index contributed by atoms with van der Waals surface area (Å²) in [6.45, 7) is 0. The lowest BCUT2D eigenvalue weighted by Gasteiger charge is -2.34. The van der Waals surface area contributed by atoms with E-state index < -0.39 is 17.2 Å². The molecule has 1 aliphatic heterocycles. The quantitative estimate of drug-likeness (QED) is 0.834. The molecule has 1 N–H and O–H groups in total. The molecule has 0 fully saturated rings. The van der Waals surface area contributed by atoms with Gasteiger partial charge in [0.1, 0.15) is 5.82 Å². The average Bonchev–Trinajstić information content (AvgIpc) is 2.64. The molecule has 7 heteroatoms. The number of hydrogen-bond donors (Lipinski definition) is 1. The van der Waals surface area contributed by atoms with Gasteiger partial charge in [-0.05, 0) is 24.5 Å². The molecule has 0 spiro atoms. The van der Waals surface area contributed by atoms with Crippen LogP contribution in [-0.4, -0.2) is 14.9 Å². The highest BCUT2D eigenvalue weighted by atomic mass is 35.5. The molecule has 2 heterocycles. The lowest BCUT2D eigenvalue weighted by molar-refractivity contribution is -0.116. The number of nitrogens with zero attached hydrogens (tertiary/aromatic N) is 2. The van der Waals surface area contributed by atoms with Crippen molar-refractivity contribution in [2.24, 2.45) is 14.1 Å². The minimum absolute atomic E-state index is 0.0187. The van der Waals surface area contributed by atoms with Crippen molar-refractivity contribution in [2.75, 3.05) is 5.32 Å². The van der Waals surface area contributed by atoms with Gasteiger partial charge in [0.05, 0.1) is 5.56 Å². The van der Waals surface area contributed by atoms with Crippen LogP contribution in [0.2, 0.25) is 5.02 Å². The Hall–Kier alpha value is -2.60. The van der Waals surface area contributed by atoms with E-state index in [0.717, 1.165) is 16.7 Å². The predicted octanol–water partition coefficient (Wildman–Crippen LogP) is 2.30. The van der Waals surface area contributed by atoms with Gasteiger partial charge < -0.3 is 5.32 Å². The van der Waals surface area contributed by atoms with E-state index in [-0.39, 0.29) is 5.78 Å². The van der Waals surface area contributed by atoms with Crippen LogP contribution in [0.25, 0.3) is 0 Å². The largest absolute Gasteiger partial charge is 0.344 e. The van der Waals surface area contributed by atoms with Crippen LogP contribution in [0, 0.1) is 0 Å². The number of hydrogen-bond acceptors (Lipinski definition) is 4. The third kappa shape index (κ3) is 2.29. The van der Waals surface area contributed by atoms with E-state index in [4.69, 9.17) is 11.6 Å². The standard InChI is InChI=1S/C19H18ClN3O3/c1-22-17-16(18(25)23(2)19(22)26)14(10-6-3-4-7-11(10)20)15-12(21-17)8-5-9-13(15)24/h3-4,6-7,14,21H,5,8-9H2,1-2H3/t14-/m0/s1.